The van der Waals surface area contributed by atoms with Crippen LogP contribution in [0.5, 0.6) is 0 Å². The molecule has 0 aliphatic rings. The van der Waals surface area contributed by atoms with Crippen LogP contribution in [0, 0.1) is 0 Å². The maximum absolute atomic E-state index is 11.7. The number of carbonyl (C=O) groups excluding carboxylic acids is 1. The molecule has 0 aliphatic carbocycles. The van der Waals surface area contributed by atoms with Gasteiger partial charge in [-0.15, -0.1) is 0 Å². The molecule has 0 bridgehead atoms. The molecule has 0 unspecified atom stereocenters. The molecule has 0 spiro atoms. The van der Waals surface area contributed by atoms with Crippen molar-refractivity contribution in [3.8, 4) is 0 Å². The molecule has 0 fully saturated rings. The zero-order valence-electron chi connectivity index (χ0n) is 9.53. The summed E-state index contributed by atoms with van der Waals surface area (Å²) in [5.74, 6) is -0.312. The Morgan fingerprint density at radius 3 is 2.88 bits per heavy atom. The first-order valence-corrected chi connectivity index (χ1v) is 5.41. The Kier molecular flexibility index (Phi) is 3.23. The lowest BCUT2D eigenvalue weighted by atomic mass is 10.1. The lowest BCUT2D eigenvalue weighted by Gasteiger charge is -2.04. The van der Waals surface area contributed by atoms with E-state index in [-0.39, 0.29) is 18.1 Å². The van der Waals surface area contributed by atoms with Gasteiger partial charge in [0.15, 0.2) is 0 Å². The molecule has 88 valence electrons. The van der Waals surface area contributed by atoms with Gasteiger partial charge in [-0.05, 0) is 17.5 Å². The van der Waals surface area contributed by atoms with Crippen molar-refractivity contribution in [2.75, 3.05) is 6.61 Å². The van der Waals surface area contributed by atoms with E-state index in [1.807, 2.05) is 24.3 Å². The van der Waals surface area contributed by atoms with Gasteiger partial charge in [0.1, 0.15) is 0 Å². The molecule has 1 N–H and O–H groups in total. The van der Waals surface area contributed by atoms with Crippen molar-refractivity contribution in [3.63, 3.8) is 0 Å². The first-order valence-electron chi connectivity index (χ1n) is 5.41. The van der Waals surface area contributed by atoms with Crippen LogP contribution >= 0.6 is 0 Å². The third-order valence-corrected chi connectivity index (χ3v) is 2.49. The van der Waals surface area contributed by atoms with Gasteiger partial charge in [0.05, 0.1) is 6.61 Å². The molecule has 0 amide bonds. The molecular weight excluding hydrogens is 218 g/mol. The summed E-state index contributed by atoms with van der Waals surface area (Å²) in [5, 5.41) is 1.57. The fourth-order valence-corrected chi connectivity index (χ4v) is 1.71. The minimum absolute atomic E-state index is 0.110. The van der Waals surface area contributed by atoms with Crippen molar-refractivity contribution in [2.24, 2.45) is 0 Å². The van der Waals surface area contributed by atoms with Gasteiger partial charge in [0, 0.05) is 24.4 Å². The molecule has 17 heavy (non-hydrogen) atoms. The van der Waals surface area contributed by atoms with Crippen molar-refractivity contribution < 1.29 is 9.53 Å². The number of nitrogens with one attached hydrogen (secondary N) is 1. The Balaban J connectivity index is 2.25. The van der Waals surface area contributed by atoms with E-state index >= 15 is 0 Å². The van der Waals surface area contributed by atoms with Crippen LogP contribution in [0.3, 0.4) is 0 Å². The van der Waals surface area contributed by atoms with Crippen LogP contribution < -0.4 is 5.56 Å². The van der Waals surface area contributed by atoms with Gasteiger partial charge in [0.2, 0.25) is 0 Å². The predicted octanol–water partition coefficient (Wildman–Crippen LogP) is 1.63. The van der Waals surface area contributed by atoms with Crippen LogP contribution in [0.1, 0.15) is 12.6 Å². The summed E-state index contributed by atoms with van der Waals surface area (Å²) in [4.78, 5) is 25.1. The molecule has 0 radical (unpaired) electrons. The molecule has 2 rings (SSSR count). The van der Waals surface area contributed by atoms with E-state index in [9.17, 15) is 9.59 Å². The van der Waals surface area contributed by atoms with Gasteiger partial charge < -0.3 is 9.72 Å². The molecule has 0 saturated carbocycles. The predicted molar refractivity (Wildman–Crippen MR) is 64.9 cm³/mol. The van der Waals surface area contributed by atoms with Crippen LogP contribution in [0.25, 0.3) is 10.8 Å². The topological polar surface area (TPSA) is 59.2 Å². The third kappa shape index (κ3) is 2.72. The maximum atomic E-state index is 11.7. The summed E-state index contributed by atoms with van der Waals surface area (Å²) >= 11 is 0. The number of benzene rings is 1. The smallest absolute Gasteiger partial charge is 0.302 e. The highest BCUT2D eigenvalue weighted by Crippen LogP contribution is 2.10. The molecule has 0 aliphatic heterocycles. The maximum Gasteiger partial charge on any atom is 0.302 e. The first-order chi connectivity index (χ1) is 8.16. The number of carbonyl (C=O) groups is 1. The second-order valence-electron chi connectivity index (χ2n) is 3.80. The number of aromatic nitrogens is 1. The SMILES string of the molecule is CC(=O)OCCc1cc2ccccc2c(=O)[nH]1. The second-order valence-corrected chi connectivity index (χ2v) is 3.80. The Labute approximate surface area is 98.2 Å². The van der Waals surface area contributed by atoms with Crippen LogP contribution in [-0.2, 0) is 16.0 Å². The molecule has 4 heteroatoms. The first kappa shape index (κ1) is 11.4. The number of pyridine rings is 1. The Bertz CT molecular complexity index is 601. The number of H-pyrrole nitrogens is 1. The molecule has 4 nitrogen and oxygen atoms in total. The fraction of sp³-hybridized carbons (Fsp3) is 0.231. The summed E-state index contributed by atoms with van der Waals surface area (Å²) in [6.45, 7) is 1.65. The number of esters is 1. The molecule has 2 aromatic rings. The van der Waals surface area contributed by atoms with Gasteiger partial charge in [-0.3, -0.25) is 9.59 Å². The van der Waals surface area contributed by atoms with E-state index in [1.165, 1.54) is 6.92 Å². The minimum atomic E-state index is -0.312. The van der Waals surface area contributed by atoms with Crippen molar-refractivity contribution in [3.05, 3.63) is 46.4 Å². The van der Waals surface area contributed by atoms with Gasteiger partial charge in [-0.1, -0.05) is 18.2 Å². The quantitative estimate of drug-likeness (QED) is 0.817. The average Bonchev–Trinajstić information content (AvgIpc) is 2.28. The lowest BCUT2D eigenvalue weighted by Crippen LogP contribution is -2.11. The number of rotatable bonds is 3. The number of hydrogen-bond acceptors (Lipinski definition) is 3. The molecule has 1 aromatic heterocycles. The number of hydrogen-bond donors (Lipinski definition) is 1. The van der Waals surface area contributed by atoms with Crippen molar-refractivity contribution in [2.45, 2.75) is 13.3 Å². The van der Waals surface area contributed by atoms with Crippen LogP contribution in [0.4, 0.5) is 0 Å². The fourth-order valence-electron chi connectivity index (χ4n) is 1.71. The van der Waals surface area contributed by atoms with E-state index in [0.717, 1.165) is 11.1 Å². The third-order valence-electron chi connectivity index (χ3n) is 2.49. The molecule has 0 atom stereocenters. The van der Waals surface area contributed by atoms with Gasteiger partial charge in [0.25, 0.3) is 5.56 Å². The van der Waals surface area contributed by atoms with E-state index in [2.05, 4.69) is 4.98 Å². The summed E-state index contributed by atoms with van der Waals surface area (Å²) in [6, 6.07) is 9.29. The minimum Gasteiger partial charge on any atom is -0.465 e. The van der Waals surface area contributed by atoms with Gasteiger partial charge in [-0.25, -0.2) is 0 Å². The Morgan fingerprint density at radius 1 is 1.35 bits per heavy atom. The van der Waals surface area contributed by atoms with Gasteiger partial charge >= 0.3 is 5.97 Å². The highest BCUT2D eigenvalue weighted by atomic mass is 16.5. The normalized spacial score (nSPS) is 10.4. The molecule has 1 aromatic carbocycles. The molecular formula is C13H13NO3. The molecule has 0 saturated heterocycles. The monoisotopic (exact) mass is 231 g/mol. The summed E-state index contributed by atoms with van der Waals surface area (Å²) < 4.78 is 4.84. The standard InChI is InChI=1S/C13H13NO3/c1-9(15)17-7-6-11-8-10-4-2-3-5-12(10)13(16)14-11/h2-5,8H,6-7H2,1H3,(H,14,16). The van der Waals surface area contributed by atoms with E-state index in [0.29, 0.717) is 11.8 Å². The van der Waals surface area contributed by atoms with Crippen LogP contribution in [-0.4, -0.2) is 17.6 Å². The summed E-state index contributed by atoms with van der Waals surface area (Å²) in [7, 11) is 0. The molecule has 1 heterocycles. The summed E-state index contributed by atoms with van der Waals surface area (Å²) in [6.07, 6.45) is 0.514. The van der Waals surface area contributed by atoms with E-state index < -0.39 is 0 Å². The summed E-state index contributed by atoms with van der Waals surface area (Å²) in [5.41, 5.74) is 0.663. The van der Waals surface area contributed by atoms with Crippen molar-refractivity contribution >= 4 is 16.7 Å². The highest BCUT2D eigenvalue weighted by molar-refractivity contribution is 5.81. The zero-order chi connectivity index (χ0) is 12.3. The van der Waals surface area contributed by atoms with Crippen LogP contribution in [0.15, 0.2) is 35.1 Å². The number of ether oxygens (including phenoxy) is 1. The Morgan fingerprint density at radius 2 is 2.12 bits per heavy atom. The zero-order valence-corrected chi connectivity index (χ0v) is 9.53. The van der Waals surface area contributed by atoms with E-state index in [4.69, 9.17) is 4.74 Å². The van der Waals surface area contributed by atoms with Crippen molar-refractivity contribution in [1.82, 2.24) is 4.98 Å². The largest absolute Gasteiger partial charge is 0.465 e. The second kappa shape index (κ2) is 4.82. The van der Waals surface area contributed by atoms with Crippen LogP contribution in [0.2, 0.25) is 0 Å². The highest BCUT2D eigenvalue weighted by Gasteiger charge is 2.02. The number of aromatic amines is 1. The van der Waals surface area contributed by atoms with Gasteiger partial charge in [-0.2, -0.15) is 0 Å². The van der Waals surface area contributed by atoms with E-state index in [1.54, 1.807) is 6.07 Å². The number of fused-ring (bicyclic) bond motifs is 1. The lowest BCUT2D eigenvalue weighted by molar-refractivity contribution is -0.140. The Hall–Kier alpha value is -2.10. The average molecular weight is 231 g/mol. The van der Waals surface area contributed by atoms with Crippen molar-refractivity contribution in [1.29, 1.82) is 0 Å².